The van der Waals surface area contributed by atoms with Crippen LogP contribution in [-0.2, 0) is 6.54 Å². The first kappa shape index (κ1) is 12.7. The monoisotopic (exact) mass is 270 g/mol. The maximum absolute atomic E-state index is 5.50. The van der Waals surface area contributed by atoms with Crippen LogP contribution in [0, 0.1) is 6.92 Å². The second-order valence-electron chi connectivity index (χ2n) is 3.91. The van der Waals surface area contributed by atoms with Crippen molar-refractivity contribution < 1.29 is 0 Å². The van der Waals surface area contributed by atoms with Gasteiger partial charge in [-0.15, -0.1) is 0 Å². The second kappa shape index (κ2) is 6.26. The number of rotatable bonds is 5. The summed E-state index contributed by atoms with van der Waals surface area (Å²) in [5.74, 6) is 0. The van der Waals surface area contributed by atoms with Crippen LogP contribution in [0.25, 0.3) is 0 Å². The summed E-state index contributed by atoms with van der Waals surface area (Å²) in [6.45, 7) is 5.90. The SMILES string of the molecule is Cc1cccc(CNC(C)CCN)c1Br. The minimum absolute atomic E-state index is 0.474. The van der Waals surface area contributed by atoms with Gasteiger partial charge in [0.1, 0.15) is 0 Å². The molecular weight excluding hydrogens is 252 g/mol. The average Bonchev–Trinajstić information content (AvgIpc) is 2.21. The number of hydrogen-bond acceptors (Lipinski definition) is 2. The van der Waals surface area contributed by atoms with E-state index in [1.54, 1.807) is 0 Å². The Bertz CT molecular complexity index is 312. The van der Waals surface area contributed by atoms with E-state index < -0.39 is 0 Å². The molecule has 1 aromatic rings. The highest BCUT2D eigenvalue weighted by Crippen LogP contribution is 2.20. The minimum Gasteiger partial charge on any atom is -0.330 e. The molecule has 1 rings (SSSR count). The van der Waals surface area contributed by atoms with Crippen molar-refractivity contribution in [3.05, 3.63) is 33.8 Å². The van der Waals surface area contributed by atoms with Gasteiger partial charge in [0.25, 0.3) is 0 Å². The highest BCUT2D eigenvalue weighted by atomic mass is 79.9. The lowest BCUT2D eigenvalue weighted by Crippen LogP contribution is -2.27. The first-order valence-electron chi connectivity index (χ1n) is 5.32. The molecule has 3 N–H and O–H groups in total. The van der Waals surface area contributed by atoms with E-state index in [0.29, 0.717) is 6.04 Å². The molecule has 0 amide bonds. The standard InChI is InChI=1S/C12H19BrN2/c1-9-4-3-5-11(12(9)13)8-15-10(2)6-7-14/h3-5,10,15H,6-8,14H2,1-2H3. The van der Waals surface area contributed by atoms with Gasteiger partial charge in [-0.3, -0.25) is 0 Å². The van der Waals surface area contributed by atoms with Gasteiger partial charge in [-0.1, -0.05) is 34.1 Å². The molecule has 0 aliphatic heterocycles. The zero-order chi connectivity index (χ0) is 11.3. The van der Waals surface area contributed by atoms with E-state index in [4.69, 9.17) is 5.73 Å². The van der Waals surface area contributed by atoms with Crippen molar-refractivity contribution in [3.8, 4) is 0 Å². The summed E-state index contributed by atoms with van der Waals surface area (Å²) < 4.78 is 1.21. The Balaban J connectivity index is 2.54. The normalized spacial score (nSPS) is 12.8. The lowest BCUT2D eigenvalue weighted by molar-refractivity contribution is 0.519. The van der Waals surface area contributed by atoms with Gasteiger partial charge < -0.3 is 11.1 Å². The smallest absolute Gasteiger partial charge is 0.0249 e. The summed E-state index contributed by atoms with van der Waals surface area (Å²) in [6.07, 6.45) is 1.02. The molecule has 0 heterocycles. The Morgan fingerprint density at radius 1 is 1.47 bits per heavy atom. The van der Waals surface area contributed by atoms with Crippen molar-refractivity contribution in [1.29, 1.82) is 0 Å². The molecule has 2 nitrogen and oxygen atoms in total. The molecule has 0 fully saturated rings. The van der Waals surface area contributed by atoms with Crippen LogP contribution < -0.4 is 11.1 Å². The Labute approximate surface area is 100 Å². The van der Waals surface area contributed by atoms with E-state index in [1.807, 2.05) is 0 Å². The molecule has 15 heavy (non-hydrogen) atoms. The molecule has 0 bridgehead atoms. The van der Waals surface area contributed by atoms with Crippen LogP contribution in [0.5, 0.6) is 0 Å². The van der Waals surface area contributed by atoms with E-state index in [9.17, 15) is 0 Å². The van der Waals surface area contributed by atoms with E-state index >= 15 is 0 Å². The summed E-state index contributed by atoms with van der Waals surface area (Å²) in [7, 11) is 0. The van der Waals surface area contributed by atoms with Crippen LogP contribution in [0.2, 0.25) is 0 Å². The molecule has 0 spiro atoms. The molecule has 1 aromatic carbocycles. The van der Waals surface area contributed by atoms with Gasteiger partial charge in [0.05, 0.1) is 0 Å². The fourth-order valence-electron chi connectivity index (χ4n) is 1.48. The molecule has 1 atom stereocenters. The zero-order valence-corrected chi connectivity index (χ0v) is 11.0. The molecule has 1 unspecified atom stereocenters. The zero-order valence-electron chi connectivity index (χ0n) is 9.39. The highest BCUT2D eigenvalue weighted by molar-refractivity contribution is 9.10. The molecule has 0 radical (unpaired) electrons. The number of nitrogens with two attached hydrogens (primary N) is 1. The number of hydrogen-bond donors (Lipinski definition) is 2. The molecule has 0 aliphatic carbocycles. The lowest BCUT2D eigenvalue weighted by atomic mass is 10.1. The summed E-state index contributed by atoms with van der Waals surface area (Å²) >= 11 is 3.60. The molecular formula is C12H19BrN2. The van der Waals surface area contributed by atoms with Crippen molar-refractivity contribution in [1.82, 2.24) is 5.32 Å². The average molecular weight is 271 g/mol. The van der Waals surface area contributed by atoms with Crippen molar-refractivity contribution >= 4 is 15.9 Å². The van der Waals surface area contributed by atoms with Gasteiger partial charge in [0.2, 0.25) is 0 Å². The topological polar surface area (TPSA) is 38.0 Å². The molecule has 0 saturated heterocycles. The van der Waals surface area contributed by atoms with Gasteiger partial charge >= 0.3 is 0 Å². The predicted molar refractivity (Wildman–Crippen MR) is 68.9 cm³/mol. The summed E-state index contributed by atoms with van der Waals surface area (Å²) in [5, 5.41) is 3.46. The maximum Gasteiger partial charge on any atom is 0.0249 e. The van der Waals surface area contributed by atoms with Crippen molar-refractivity contribution in [2.45, 2.75) is 32.9 Å². The summed E-state index contributed by atoms with van der Waals surface area (Å²) in [6, 6.07) is 6.81. The number of aryl methyl sites for hydroxylation is 1. The Hall–Kier alpha value is -0.380. The van der Waals surface area contributed by atoms with E-state index in [0.717, 1.165) is 19.5 Å². The third kappa shape index (κ3) is 3.93. The lowest BCUT2D eigenvalue weighted by Gasteiger charge is -2.14. The van der Waals surface area contributed by atoms with Crippen LogP contribution >= 0.6 is 15.9 Å². The van der Waals surface area contributed by atoms with Crippen molar-refractivity contribution in [2.75, 3.05) is 6.54 Å². The Morgan fingerprint density at radius 2 is 2.20 bits per heavy atom. The molecule has 84 valence electrons. The maximum atomic E-state index is 5.50. The molecule has 0 aromatic heterocycles. The van der Waals surface area contributed by atoms with Gasteiger partial charge in [-0.05, 0) is 37.9 Å². The van der Waals surface area contributed by atoms with Crippen LogP contribution in [0.3, 0.4) is 0 Å². The van der Waals surface area contributed by atoms with Gasteiger partial charge in [0.15, 0.2) is 0 Å². The van der Waals surface area contributed by atoms with Crippen LogP contribution in [0.1, 0.15) is 24.5 Å². The summed E-state index contributed by atoms with van der Waals surface area (Å²) in [4.78, 5) is 0. The molecule has 0 aliphatic rings. The first-order valence-corrected chi connectivity index (χ1v) is 6.12. The van der Waals surface area contributed by atoms with Crippen LogP contribution in [0.4, 0.5) is 0 Å². The molecule has 3 heteroatoms. The fraction of sp³-hybridized carbons (Fsp3) is 0.500. The van der Waals surface area contributed by atoms with Crippen molar-refractivity contribution in [3.63, 3.8) is 0 Å². The van der Waals surface area contributed by atoms with Crippen LogP contribution in [0.15, 0.2) is 22.7 Å². The van der Waals surface area contributed by atoms with E-state index in [-0.39, 0.29) is 0 Å². The van der Waals surface area contributed by atoms with Gasteiger partial charge in [-0.25, -0.2) is 0 Å². The largest absolute Gasteiger partial charge is 0.330 e. The minimum atomic E-state index is 0.474. The second-order valence-corrected chi connectivity index (χ2v) is 4.70. The highest BCUT2D eigenvalue weighted by Gasteiger charge is 2.04. The van der Waals surface area contributed by atoms with Gasteiger partial charge in [0, 0.05) is 17.1 Å². The quantitative estimate of drug-likeness (QED) is 0.863. The predicted octanol–water partition coefficient (Wildman–Crippen LogP) is 2.58. The summed E-state index contributed by atoms with van der Waals surface area (Å²) in [5.41, 5.74) is 8.09. The fourth-order valence-corrected chi connectivity index (χ4v) is 1.89. The number of benzene rings is 1. The van der Waals surface area contributed by atoms with E-state index in [1.165, 1.54) is 15.6 Å². The number of halogens is 1. The van der Waals surface area contributed by atoms with Crippen LogP contribution in [-0.4, -0.2) is 12.6 Å². The van der Waals surface area contributed by atoms with E-state index in [2.05, 4.69) is 53.3 Å². The molecule has 0 saturated carbocycles. The number of nitrogens with one attached hydrogen (secondary N) is 1. The Morgan fingerprint density at radius 3 is 2.87 bits per heavy atom. The Kier molecular flexibility index (Phi) is 5.29. The third-order valence-corrected chi connectivity index (χ3v) is 3.65. The van der Waals surface area contributed by atoms with Crippen molar-refractivity contribution in [2.24, 2.45) is 5.73 Å². The third-order valence-electron chi connectivity index (χ3n) is 2.51. The first-order chi connectivity index (χ1) is 7.15. The van der Waals surface area contributed by atoms with Gasteiger partial charge in [-0.2, -0.15) is 0 Å².